The molecule has 3 aromatic rings. The summed E-state index contributed by atoms with van der Waals surface area (Å²) in [5.74, 6) is 0.473. The molecule has 0 atom stereocenters. The molecule has 0 N–H and O–H groups in total. The van der Waals surface area contributed by atoms with Crippen molar-refractivity contribution in [1.82, 2.24) is 0 Å². The Morgan fingerprint density at radius 1 is 0.885 bits per heavy atom. The quantitative estimate of drug-likeness (QED) is 0.271. The molecule has 0 saturated carbocycles. The van der Waals surface area contributed by atoms with E-state index < -0.39 is 5.97 Å². The van der Waals surface area contributed by atoms with E-state index in [1.807, 2.05) is 17.5 Å². The second kappa shape index (κ2) is 8.27. The maximum atomic E-state index is 12.2. The van der Waals surface area contributed by atoms with E-state index in [9.17, 15) is 9.59 Å². The van der Waals surface area contributed by atoms with E-state index in [1.54, 1.807) is 73.1 Å². The Kier molecular flexibility index (Phi) is 5.61. The lowest BCUT2D eigenvalue weighted by atomic mass is 10.1. The molecule has 0 aliphatic carbocycles. The lowest BCUT2D eigenvalue weighted by molar-refractivity contribution is 0.0734. The molecule has 26 heavy (non-hydrogen) atoms. The number of rotatable bonds is 6. The standard InChI is InChI=1S/C21H16O4S/c1-24-17-8-6-16(7-9-17)21(23)25-18-10-4-15(5-11-18)20(22)13-12-19-3-2-14-26-19/h2-14H,1H3/b13-12+. The van der Waals surface area contributed by atoms with E-state index in [1.165, 1.54) is 6.08 Å². The summed E-state index contributed by atoms with van der Waals surface area (Å²) in [6.45, 7) is 0. The van der Waals surface area contributed by atoms with Crippen LogP contribution in [0.15, 0.2) is 72.1 Å². The van der Waals surface area contributed by atoms with Gasteiger partial charge < -0.3 is 9.47 Å². The zero-order valence-corrected chi connectivity index (χ0v) is 14.9. The summed E-state index contributed by atoms with van der Waals surface area (Å²) in [7, 11) is 1.56. The number of benzene rings is 2. The van der Waals surface area contributed by atoms with Gasteiger partial charge >= 0.3 is 5.97 Å². The highest BCUT2D eigenvalue weighted by molar-refractivity contribution is 7.10. The second-order valence-electron chi connectivity index (χ2n) is 5.36. The number of esters is 1. The van der Waals surface area contributed by atoms with Crippen molar-refractivity contribution in [1.29, 1.82) is 0 Å². The van der Waals surface area contributed by atoms with Crippen LogP contribution in [0.25, 0.3) is 6.08 Å². The highest BCUT2D eigenvalue weighted by Crippen LogP contribution is 2.17. The van der Waals surface area contributed by atoms with Crippen molar-refractivity contribution in [3.05, 3.63) is 88.1 Å². The van der Waals surface area contributed by atoms with Gasteiger partial charge in [0.25, 0.3) is 0 Å². The largest absolute Gasteiger partial charge is 0.497 e. The molecule has 0 fully saturated rings. The number of carbonyl (C=O) groups is 2. The van der Waals surface area contributed by atoms with Crippen molar-refractivity contribution in [2.75, 3.05) is 7.11 Å². The number of methoxy groups -OCH3 is 1. The van der Waals surface area contributed by atoms with E-state index in [4.69, 9.17) is 9.47 Å². The van der Waals surface area contributed by atoms with Crippen molar-refractivity contribution in [2.24, 2.45) is 0 Å². The zero-order valence-electron chi connectivity index (χ0n) is 14.0. The first-order valence-corrected chi connectivity index (χ1v) is 8.76. The Bertz CT molecular complexity index is 908. The summed E-state index contributed by atoms with van der Waals surface area (Å²) in [4.78, 5) is 25.3. The number of carbonyl (C=O) groups excluding carboxylic acids is 2. The van der Waals surface area contributed by atoms with Crippen molar-refractivity contribution < 1.29 is 19.1 Å². The Hall–Kier alpha value is -3.18. The first kappa shape index (κ1) is 17.6. The van der Waals surface area contributed by atoms with Gasteiger partial charge in [-0.3, -0.25) is 4.79 Å². The summed E-state index contributed by atoms with van der Waals surface area (Å²) in [6, 6.07) is 17.0. The maximum Gasteiger partial charge on any atom is 0.343 e. The Morgan fingerprint density at radius 2 is 1.54 bits per heavy atom. The Morgan fingerprint density at radius 3 is 2.15 bits per heavy atom. The average molecular weight is 364 g/mol. The molecule has 130 valence electrons. The minimum atomic E-state index is -0.468. The van der Waals surface area contributed by atoms with E-state index in [2.05, 4.69) is 0 Å². The summed E-state index contributed by atoms with van der Waals surface area (Å²) < 4.78 is 10.4. The van der Waals surface area contributed by atoms with E-state index in [0.29, 0.717) is 22.6 Å². The first-order chi connectivity index (χ1) is 12.7. The van der Waals surface area contributed by atoms with Gasteiger partial charge in [-0.05, 0) is 72.1 Å². The van der Waals surface area contributed by atoms with Gasteiger partial charge in [0.15, 0.2) is 5.78 Å². The maximum absolute atomic E-state index is 12.2. The number of ketones is 1. The molecule has 0 bridgehead atoms. The molecule has 1 aromatic heterocycles. The SMILES string of the molecule is COc1ccc(C(=O)Oc2ccc(C(=O)/C=C/c3cccs3)cc2)cc1. The smallest absolute Gasteiger partial charge is 0.343 e. The van der Waals surface area contributed by atoms with Crippen molar-refractivity contribution >= 4 is 29.2 Å². The van der Waals surface area contributed by atoms with Gasteiger partial charge in [-0.25, -0.2) is 4.79 Å². The third-order valence-corrected chi connectivity index (χ3v) is 4.45. The molecule has 0 aliphatic heterocycles. The summed E-state index contributed by atoms with van der Waals surface area (Å²) >= 11 is 1.57. The van der Waals surface area contributed by atoms with Gasteiger partial charge in [0.1, 0.15) is 11.5 Å². The highest BCUT2D eigenvalue weighted by Gasteiger charge is 2.09. The molecule has 0 radical (unpaired) electrons. The van der Waals surface area contributed by atoms with Crippen molar-refractivity contribution in [2.45, 2.75) is 0 Å². The number of hydrogen-bond acceptors (Lipinski definition) is 5. The third-order valence-electron chi connectivity index (χ3n) is 3.62. The van der Waals surface area contributed by atoms with Crippen LogP contribution >= 0.6 is 11.3 Å². The van der Waals surface area contributed by atoms with E-state index >= 15 is 0 Å². The molecule has 5 heteroatoms. The van der Waals surface area contributed by atoms with Crippen LogP contribution in [0.5, 0.6) is 11.5 Å². The monoisotopic (exact) mass is 364 g/mol. The van der Waals surface area contributed by atoms with Gasteiger partial charge in [0.2, 0.25) is 0 Å². The molecule has 0 spiro atoms. The molecular weight excluding hydrogens is 348 g/mol. The molecule has 1 heterocycles. The molecule has 0 amide bonds. The summed E-state index contributed by atoms with van der Waals surface area (Å²) in [5.41, 5.74) is 0.951. The first-order valence-electron chi connectivity index (χ1n) is 7.88. The lowest BCUT2D eigenvalue weighted by Gasteiger charge is -2.06. The molecule has 3 rings (SSSR count). The molecule has 2 aromatic carbocycles. The third kappa shape index (κ3) is 4.46. The number of thiophene rings is 1. The topological polar surface area (TPSA) is 52.6 Å². The van der Waals surface area contributed by atoms with Crippen LogP contribution in [0.2, 0.25) is 0 Å². The van der Waals surface area contributed by atoms with Gasteiger partial charge in [-0.2, -0.15) is 0 Å². The predicted molar refractivity (Wildman–Crippen MR) is 102 cm³/mol. The van der Waals surface area contributed by atoms with Crippen LogP contribution in [0, 0.1) is 0 Å². The number of allylic oxidation sites excluding steroid dienone is 1. The second-order valence-corrected chi connectivity index (χ2v) is 6.33. The van der Waals surface area contributed by atoms with Crippen LogP contribution in [0.3, 0.4) is 0 Å². The normalized spacial score (nSPS) is 10.7. The summed E-state index contributed by atoms with van der Waals surface area (Å²) in [5, 5.41) is 1.95. The fourth-order valence-electron chi connectivity index (χ4n) is 2.22. The van der Waals surface area contributed by atoms with Gasteiger partial charge in [0, 0.05) is 10.4 Å². The van der Waals surface area contributed by atoms with Gasteiger partial charge in [0.05, 0.1) is 12.7 Å². The fourth-order valence-corrected chi connectivity index (χ4v) is 2.84. The molecule has 4 nitrogen and oxygen atoms in total. The Balaban J connectivity index is 1.63. The Labute approximate surface area is 155 Å². The van der Waals surface area contributed by atoms with Crippen LogP contribution in [-0.2, 0) is 0 Å². The average Bonchev–Trinajstić information content (AvgIpc) is 3.20. The minimum Gasteiger partial charge on any atom is -0.497 e. The highest BCUT2D eigenvalue weighted by atomic mass is 32.1. The summed E-state index contributed by atoms with van der Waals surface area (Å²) in [6.07, 6.45) is 3.31. The van der Waals surface area contributed by atoms with Crippen LogP contribution < -0.4 is 9.47 Å². The zero-order chi connectivity index (χ0) is 18.4. The molecule has 0 aliphatic rings. The van der Waals surface area contributed by atoms with Gasteiger partial charge in [-0.15, -0.1) is 11.3 Å². The van der Waals surface area contributed by atoms with Crippen LogP contribution in [0.4, 0.5) is 0 Å². The van der Waals surface area contributed by atoms with Crippen LogP contribution in [0.1, 0.15) is 25.6 Å². The lowest BCUT2D eigenvalue weighted by Crippen LogP contribution is -2.08. The van der Waals surface area contributed by atoms with Gasteiger partial charge in [-0.1, -0.05) is 6.07 Å². The van der Waals surface area contributed by atoms with E-state index in [-0.39, 0.29) is 5.78 Å². The minimum absolute atomic E-state index is 0.105. The number of ether oxygens (including phenoxy) is 2. The molecule has 0 unspecified atom stereocenters. The van der Waals surface area contributed by atoms with Crippen molar-refractivity contribution in [3.63, 3.8) is 0 Å². The predicted octanol–water partition coefficient (Wildman–Crippen LogP) is 4.87. The molecule has 0 saturated heterocycles. The van der Waals surface area contributed by atoms with E-state index in [0.717, 1.165) is 4.88 Å². The fraction of sp³-hybridized carbons (Fsp3) is 0.0476. The van der Waals surface area contributed by atoms with Crippen LogP contribution in [-0.4, -0.2) is 18.9 Å². The molecular formula is C21H16O4S. The van der Waals surface area contributed by atoms with Crippen molar-refractivity contribution in [3.8, 4) is 11.5 Å². The number of hydrogen-bond donors (Lipinski definition) is 0.